The predicted molar refractivity (Wildman–Crippen MR) is 65.3 cm³/mol. The maximum absolute atomic E-state index is 11.7. The van der Waals surface area contributed by atoms with E-state index in [0.717, 1.165) is 6.42 Å². The molecule has 1 aromatic carbocycles. The molecule has 17 heavy (non-hydrogen) atoms. The second-order valence-electron chi connectivity index (χ2n) is 3.56. The van der Waals surface area contributed by atoms with Gasteiger partial charge in [0, 0.05) is 13.2 Å². The Morgan fingerprint density at radius 3 is 2.41 bits per heavy atom. The molecule has 0 atom stereocenters. The third-order valence-corrected chi connectivity index (χ3v) is 3.38. The van der Waals surface area contributed by atoms with Gasteiger partial charge in [0.25, 0.3) is 10.1 Å². The first-order valence-corrected chi connectivity index (χ1v) is 7.10. The zero-order valence-electron chi connectivity index (χ0n) is 9.96. The van der Waals surface area contributed by atoms with E-state index < -0.39 is 10.1 Å². The first-order chi connectivity index (χ1) is 8.17. The highest BCUT2D eigenvalue weighted by molar-refractivity contribution is 7.86. The molecule has 1 rings (SSSR count). The largest absolute Gasteiger partial charge is 0.381 e. The van der Waals surface area contributed by atoms with Crippen LogP contribution in [0.15, 0.2) is 35.2 Å². The summed E-state index contributed by atoms with van der Waals surface area (Å²) in [4.78, 5) is 0.189. The van der Waals surface area contributed by atoms with Crippen LogP contribution < -0.4 is 0 Å². The molecule has 4 nitrogen and oxygen atoms in total. The van der Waals surface area contributed by atoms with Gasteiger partial charge in [-0.15, -0.1) is 0 Å². The van der Waals surface area contributed by atoms with Crippen molar-refractivity contribution in [3.05, 3.63) is 30.3 Å². The van der Waals surface area contributed by atoms with E-state index in [2.05, 4.69) is 0 Å². The summed E-state index contributed by atoms with van der Waals surface area (Å²) in [5.41, 5.74) is 0. The standard InChI is InChI=1S/C12H18O4S/c1-2-9-15-10-6-11-16-17(13,14)12-7-4-3-5-8-12/h3-5,7-8H,2,6,9-11H2,1H3. The van der Waals surface area contributed by atoms with Crippen LogP contribution in [0.25, 0.3) is 0 Å². The molecule has 0 aromatic heterocycles. The minimum atomic E-state index is -3.61. The first kappa shape index (κ1) is 14.2. The summed E-state index contributed by atoms with van der Waals surface area (Å²) < 4.78 is 33.4. The fourth-order valence-electron chi connectivity index (χ4n) is 1.23. The van der Waals surface area contributed by atoms with Gasteiger partial charge in [-0.3, -0.25) is 4.18 Å². The van der Waals surface area contributed by atoms with Gasteiger partial charge >= 0.3 is 0 Å². The lowest BCUT2D eigenvalue weighted by Crippen LogP contribution is -2.09. The Morgan fingerprint density at radius 1 is 1.06 bits per heavy atom. The topological polar surface area (TPSA) is 52.6 Å². The number of benzene rings is 1. The van der Waals surface area contributed by atoms with E-state index in [4.69, 9.17) is 8.92 Å². The summed E-state index contributed by atoms with van der Waals surface area (Å²) in [6, 6.07) is 8.13. The van der Waals surface area contributed by atoms with Crippen LogP contribution in [0, 0.1) is 0 Å². The molecule has 0 aliphatic rings. The molecule has 0 fully saturated rings. The van der Waals surface area contributed by atoms with Crippen molar-refractivity contribution in [3.63, 3.8) is 0 Å². The smallest absolute Gasteiger partial charge is 0.296 e. The molecule has 0 spiro atoms. The molecule has 0 saturated carbocycles. The molecule has 0 bridgehead atoms. The first-order valence-electron chi connectivity index (χ1n) is 5.69. The Hall–Kier alpha value is -0.910. The number of rotatable bonds is 8. The molecule has 0 unspecified atom stereocenters. The van der Waals surface area contributed by atoms with Crippen molar-refractivity contribution in [2.75, 3.05) is 19.8 Å². The summed E-state index contributed by atoms with van der Waals surface area (Å²) >= 11 is 0. The fourth-order valence-corrected chi connectivity index (χ4v) is 2.20. The van der Waals surface area contributed by atoms with E-state index in [9.17, 15) is 8.42 Å². The Balaban J connectivity index is 2.31. The minimum absolute atomic E-state index is 0.154. The Morgan fingerprint density at radius 2 is 1.76 bits per heavy atom. The lowest BCUT2D eigenvalue weighted by Gasteiger charge is -2.05. The average Bonchev–Trinajstić information content (AvgIpc) is 2.35. The third-order valence-electron chi connectivity index (χ3n) is 2.05. The van der Waals surface area contributed by atoms with Crippen molar-refractivity contribution in [1.29, 1.82) is 0 Å². The second kappa shape index (κ2) is 7.42. The van der Waals surface area contributed by atoms with Gasteiger partial charge in [0.1, 0.15) is 0 Å². The van der Waals surface area contributed by atoms with Crippen LogP contribution in [-0.2, 0) is 19.0 Å². The molecule has 0 heterocycles. The SMILES string of the molecule is CCCOCCCOS(=O)(=O)c1ccccc1. The van der Waals surface area contributed by atoms with E-state index >= 15 is 0 Å². The highest BCUT2D eigenvalue weighted by Crippen LogP contribution is 2.11. The second-order valence-corrected chi connectivity index (χ2v) is 5.17. The van der Waals surface area contributed by atoms with Gasteiger partial charge in [0.05, 0.1) is 11.5 Å². The number of hydrogen-bond donors (Lipinski definition) is 0. The zero-order valence-corrected chi connectivity index (χ0v) is 10.8. The molecule has 0 amide bonds. The van der Waals surface area contributed by atoms with Gasteiger partial charge in [0.15, 0.2) is 0 Å². The zero-order chi connectivity index (χ0) is 12.6. The van der Waals surface area contributed by atoms with Crippen LogP contribution in [0.1, 0.15) is 19.8 Å². The van der Waals surface area contributed by atoms with Crippen molar-refractivity contribution in [2.24, 2.45) is 0 Å². The van der Waals surface area contributed by atoms with Gasteiger partial charge in [-0.05, 0) is 25.0 Å². The van der Waals surface area contributed by atoms with Crippen LogP contribution in [0.3, 0.4) is 0 Å². The van der Waals surface area contributed by atoms with Crippen molar-refractivity contribution < 1.29 is 17.3 Å². The van der Waals surface area contributed by atoms with Crippen LogP contribution in [0.2, 0.25) is 0 Å². The number of ether oxygens (including phenoxy) is 1. The van der Waals surface area contributed by atoms with Crippen molar-refractivity contribution in [3.8, 4) is 0 Å². The molecule has 0 aliphatic heterocycles. The minimum Gasteiger partial charge on any atom is -0.381 e. The Bertz CT molecular complexity index is 400. The molecule has 0 N–H and O–H groups in total. The Kier molecular flexibility index (Phi) is 6.18. The molecule has 5 heteroatoms. The summed E-state index contributed by atoms with van der Waals surface area (Å²) in [6.07, 6.45) is 1.54. The van der Waals surface area contributed by atoms with Gasteiger partial charge in [-0.2, -0.15) is 8.42 Å². The molecule has 0 aliphatic carbocycles. The summed E-state index contributed by atoms with van der Waals surface area (Å²) in [5.74, 6) is 0. The van der Waals surface area contributed by atoms with Gasteiger partial charge in [-0.1, -0.05) is 25.1 Å². The highest BCUT2D eigenvalue weighted by Gasteiger charge is 2.13. The van der Waals surface area contributed by atoms with E-state index in [0.29, 0.717) is 19.6 Å². The van der Waals surface area contributed by atoms with Crippen LogP contribution in [0.4, 0.5) is 0 Å². The number of hydrogen-bond acceptors (Lipinski definition) is 4. The molecule has 96 valence electrons. The van der Waals surface area contributed by atoms with Crippen molar-refractivity contribution in [1.82, 2.24) is 0 Å². The molecule has 0 radical (unpaired) electrons. The monoisotopic (exact) mass is 258 g/mol. The lowest BCUT2D eigenvalue weighted by molar-refractivity contribution is 0.121. The normalized spacial score (nSPS) is 11.6. The lowest BCUT2D eigenvalue weighted by atomic mass is 10.4. The van der Waals surface area contributed by atoms with Gasteiger partial charge < -0.3 is 4.74 Å². The summed E-state index contributed by atoms with van der Waals surface area (Å²) in [6.45, 7) is 3.40. The van der Waals surface area contributed by atoms with E-state index in [-0.39, 0.29) is 11.5 Å². The maximum Gasteiger partial charge on any atom is 0.296 e. The van der Waals surface area contributed by atoms with Crippen molar-refractivity contribution in [2.45, 2.75) is 24.7 Å². The summed E-state index contributed by atoms with van der Waals surface area (Å²) in [7, 11) is -3.61. The quantitative estimate of drug-likeness (QED) is 0.530. The van der Waals surface area contributed by atoms with Gasteiger partial charge in [-0.25, -0.2) is 0 Å². The Labute approximate surface area is 103 Å². The van der Waals surface area contributed by atoms with Crippen molar-refractivity contribution >= 4 is 10.1 Å². The van der Waals surface area contributed by atoms with Crippen LogP contribution in [-0.4, -0.2) is 28.2 Å². The maximum atomic E-state index is 11.7. The summed E-state index contributed by atoms with van der Waals surface area (Å²) in [5, 5.41) is 0. The molecular weight excluding hydrogens is 240 g/mol. The van der Waals surface area contributed by atoms with Crippen LogP contribution in [0.5, 0.6) is 0 Å². The van der Waals surface area contributed by atoms with E-state index in [1.54, 1.807) is 18.2 Å². The van der Waals surface area contributed by atoms with E-state index in [1.807, 2.05) is 6.92 Å². The fraction of sp³-hybridized carbons (Fsp3) is 0.500. The third kappa shape index (κ3) is 5.30. The van der Waals surface area contributed by atoms with E-state index in [1.165, 1.54) is 12.1 Å². The average molecular weight is 258 g/mol. The highest BCUT2D eigenvalue weighted by atomic mass is 32.2. The predicted octanol–water partition coefficient (Wildman–Crippen LogP) is 2.21. The molecule has 1 aromatic rings. The van der Waals surface area contributed by atoms with Crippen LogP contribution >= 0.6 is 0 Å². The molecular formula is C12H18O4S. The van der Waals surface area contributed by atoms with Gasteiger partial charge in [0.2, 0.25) is 0 Å². The molecule has 0 saturated heterocycles.